The van der Waals surface area contributed by atoms with Gasteiger partial charge in [0.25, 0.3) is 6.10 Å². The van der Waals surface area contributed by atoms with Crippen LogP contribution in [0.5, 0.6) is 5.75 Å². The Kier molecular flexibility index (Phi) is 4.01. The summed E-state index contributed by atoms with van der Waals surface area (Å²) in [6.07, 6.45) is -15.7. The number of benzene rings is 1. The number of nitrogens with zero attached hydrogens (tertiary/aromatic N) is 1. The second-order valence-corrected chi connectivity index (χ2v) is 3.53. The summed E-state index contributed by atoms with van der Waals surface area (Å²) in [7, 11) is 0. The Bertz CT molecular complexity index is 499. The topological polar surface area (TPSA) is 78.4 Å². The summed E-state index contributed by atoms with van der Waals surface area (Å²) in [6.45, 7) is 0. The van der Waals surface area contributed by atoms with Crippen molar-refractivity contribution in [3.8, 4) is 5.75 Å². The van der Waals surface area contributed by atoms with E-state index in [2.05, 4.69) is 4.74 Å². The number of rotatable bonds is 3. The SMILES string of the molecule is Nc1cccc(OC(C(F)(F)F)C(F)(F)F)c1[N+](=O)[O-]. The fourth-order valence-electron chi connectivity index (χ4n) is 1.28. The minimum atomic E-state index is -5.78. The second kappa shape index (κ2) is 5.06. The molecular weight excluding hydrogens is 298 g/mol. The lowest BCUT2D eigenvalue weighted by Crippen LogP contribution is -2.46. The Morgan fingerprint density at radius 2 is 1.65 bits per heavy atom. The van der Waals surface area contributed by atoms with Gasteiger partial charge >= 0.3 is 18.0 Å². The number of nitro benzene ring substituents is 1. The fraction of sp³-hybridized carbons (Fsp3) is 0.333. The van der Waals surface area contributed by atoms with Gasteiger partial charge in [-0.05, 0) is 12.1 Å². The van der Waals surface area contributed by atoms with Crippen molar-refractivity contribution < 1.29 is 36.0 Å². The van der Waals surface area contributed by atoms with Gasteiger partial charge in [0, 0.05) is 0 Å². The smallest absolute Gasteiger partial charge is 0.434 e. The second-order valence-electron chi connectivity index (χ2n) is 3.53. The van der Waals surface area contributed by atoms with Crippen LogP contribution in [-0.4, -0.2) is 23.4 Å². The summed E-state index contributed by atoms with van der Waals surface area (Å²) in [5, 5.41) is 10.6. The molecular formula is C9H6F6N2O3. The van der Waals surface area contributed by atoms with E-state index in [0.29, 0.717) is 6.07 Å². The zero-order valence-corrected chi connectivity index (χ0v) is 9.33. The highest BCUT2D eigenvalue weighted by Gasteiger charge is 2.59. The van der Waals surface area contributed by atoms with Crippen LogP contribution in [0.1, 0.15) is 0 Å². The molecule has 0 aliphatic rings. The van der Waals surface area contributed by atoms with Crippen molar-refractivity contribution in [3.63, 3.8) is 0 Å². The molecule has 0 spiro atoms. The summed E-state index contributed by atoms with van der Waals surface area (Å²) in [5.74, 6) is -1.21. The van der Waals surface area contributed by atoms with E-state index < -0.39 is 40.5 Å². The van der Waals surface area contributed by atoms with Crippen molar-refractivity contribution >= 4 is 11.4 Å². The van der Waals surface area contributed by atoms with E-state index in [1.807, 2.05) is 0 Å². The average Bonchev–Trinajstić information content (AvgIpc) is 2.22. The number of halogens is 6. The molecule has 0 saturated heterocycles. The summed E-state index contributed by atoms with van der Waals surface area (Å²) in [4.78, 5) is 9.38. The monoisotopic (exact) mass is 304 g/mol. The van der Waals surface area contributed by atoms with Crippen molar-refractivity contribution in [2.24, 2.45) is 0 Å². The van der Waals surface area contributed by atoms with Gasteiger partial charge in [-0.2, -0.15) is 26.3 Å². The number of para-hydroxylation sites is 1. The van der Waals surface area contributed by atoms with Crippen LogP contribution in [0.3, 0.4) is 0 Å². The highest BCUT2D eigenvalue weighted by atomic mass is 19.4. The Hall–Kier alpha value is -2.20. The molecule has 1 aromatic carbocycles. The van der Waals surface area contributed by atoms with Crippen molar-refractivity contribution in [1.82, 2.24) is 0 Å². The standard InChI is InChI=1S/C9H6F6N2O3/c10-8(11,12)7(9(13,14)15)20-5-3-1-2-4(16)6(5)17(18)19/h1-3,7H,16H2. The van der Waals surface area contributed by atoms with E-state index >= 15 is 0 Å². The molecule has 0 unspecified atom stereocenters. The first-order valence-electron chi connectivity index (χ1n) is 4.77. The van der Waals surface area contributed by atoms with E-state index in [1.165, 1.54) is 0 Å². The normalized spacial score (nSPS) is 12.6. The third-order valence-corrected chi connectivity index (χ3v) is 2.05. The van der Waals surface area contributed by atoms with E-state index in [0.717, 1.165) is 12.1 Å². The number of hydrogen-bond acceptors (Lipinski definition) is 4. The predicted molar refractivity (Wildman–Crippen MR) is 54.0 cm³/mol. The lowest BCUT2D eigenvalue weighted by Gasteiger charge is -2.23. The van der Waals surface area contributed by atoms with Crippen LogP contribution in [0.2, 0.25) is 0 Å². The number of ether oxygens (including phenoxy) is 1. The number of anilines is 1. The number of nitrogen functional groups attached to an aromatic ring is 1. The highest BCUT2D eigenvalue weighted by Crippen LogP contribution is 2.40. The van der Waals surface area contributed by atoms with Gasteiger partial charge in [0.1, 0.15) is 5.69 Å². The van der Waals surface area contributed by atoms with E-state index in [1.54, 1.807) is 0 Å². The molecule has 0 bridgehead atoms. The molecule has 0 fully saturated rings. The first-order chi connectivity index (χ1) is 8.94. The summed E-state index contributed by atoms with van der Waals surface area (Å²) >= 11 is 0. The largest absolute Gasteiger partial charge is 0.464 e. The molecule has 0 radical (unpaired) electrons. The zero-order valence-electron chi connectivity index (χ0n) is 9.33. The Morgan fingerprint density at radius 1 is 1.15 bits per heavy atom. The maximum atomic E-state index is 12.3. The molecule has 11 heteroatoms. The van der Waals surface area contributed by atoms with Crippen molar-refractivity contribution in [2.45, 2.75) is 18.5 Å². The van der Waals surface area contributed by atoms with Crippen molar-refractivity contribution in [2.75, 3.05) is 5.73 Å². The summed E-state index contributed by atoms with van der Waals surface area (Å²) in [6, 6.07) is 2.47. The Morgan fingerprint density at radius 3 is 2.05 bits per heavy atom. The van der Waals surface area contributed by atoms with Crippen LogP contribution in [-0.2, 0) is 0 Å². The van der Waals surface area contributed by atoms with Gasteiger partial charge < -0.3 is 10.5 Å². The summed E-state index contributed by atoms with van der Waals surface area (Å²) < 4.78 is 77.5. The predicted octanol–water partition coefficient (Wildman–Crippen LogP) is 3.05. The third kappa shape index (κ3) is 3.42. The molecule has 1 rings (SSSR count). The number of alkyl halides is 6. The van der Waals surface area contributed by atoms with Gasteiger partial charge in [-0.25, -0.2) is 0 Å². The molecule has 0 saturated carbocycles. The van der Waals surface area contributed by atoms with Gasteiger partial charge in [0.05, 0.1) is 4.92 Å². The molecule has 0 aromatic heterocycles. The molecule has 112 valence electrons. The first kappa shape index (κ1) is 15.9. The lowest BCUT2D eigenvalue weighted by molar-refractivity contribution is -0.386. The number of nitro groups is 1. The average molecular weight is 304 g/mol. The van der Waals surface area contributed by atoms with Gasteiger partial charge in [-0.3, -0.25) is 10.1 Å². The Balaban J connectivity index is 3.26. The van der Waals surface area contributed by atoms with Crippen molar-refractivity contribution in [1.29, 1.82) is 0 Å². The molecule has 1 aromatic rings. The van der Waals surface area contributed by atoms with E-state index in [4.69, 9.17) is 5.73 Å². The van der Waals surface area contributed by atoms with Gasteiger partial charge in [-0.15, -0.1) is 0 Å². The van der Waals surface area contributed by atoms with E-state index in [9.17, 15) is 36.5 Å². The van der Waals surface area contributed by atoms with Crippen LogP contribution < -0.4 is 10.5 Å². The lowest BCUT2D eigenvalue weighted by atomic mass is 10.2. The highest BCUT2D eigenvalue weighted by molar-refractivity contribution is 5.65. The molecule has 0 atom stereocenters. The number of nitrogens with two attached hydrogens (primary N) is 1. The molecule has 0 amide bonds. The van der Waals surface area contributed by atoms with Gasteiger partial charge in [0.15, 0.2) is 5.75 Å². The maximum absolute atomic E-state index is 12.3. The van der Waals surface area contributed by atoms with E-state index in [-0.39, 0.29) is 0 Å². The quantitative estimate of drug-likeness (QED) is 0.403. The van der Waals surface area contributed by atoms with Crippen LogP contribution in [0.4, 0.5) is 37.7 Å². The minimum Gasteiger partial charge on any atom is -0.464 e. The van der Waals surface area contributed by atoms with Crippen LogP contribution in [0.25, 0.3) is 0 Å². The number of hydrogen-bond donors (Lipinski definition) is 1. The van der Waals surface area contributed by atoms with Crippen LogP contribution in [0.15, 0.2) is 18.2 Å². The molecule has 2 N–H and O–H groups in total. The van der Waals surface area contributed by atoms with Crippen LogP contribution in [0, 0.1) is 10.1 Å². The van der Waals surface area contributed by atoms with Gasteiger partial charge in [0.2, 0.25) is 0 Å². The van der Waals surface area contributed by atoms with Crippen LogP contribution >= 0.6 is 0 Å². The zero-order chi connectivity index (χ0) is 15.7. The molecule has 0 heterocycles. The minimum absolute atomic E-state index is 0.596. The first-order valence-corrected chi connectivity index (χ1v) is 4.77. The van der Waals surface area contributed by atoms with Crippen molar-refractivity contribution in [3.05, 3.63) is 28.3 Å². The fourth-order valence-corrected chi connectivity index (χ4v) is 1.28. The molecule has 5 nitrogen and oxygen atoms in total. The third-order valence-electron chi connectivity index (χ3n) is 2.05. The maximum Gasteiger partial charge on any atom is 0.434 e. The molecule has 0 aliphatic heterocycles. The molecule has 20 heavy (non-hydrogen) atoms. The van der Waals surface area contributed by atoms with Gasteiger partial charge in [-0.1, -0.05) is 6.07 Å². The molecule has 0 aliphatic carbocycles. The Labute approximate surface area is 107 Å². The summed E-state index contributed by atoms with van der Waals surface area (Å²) in [5.41, 5.74) is 3.36.